The third kappa shape index (κ3) is 2.29. The lowest BCUT2D eigenvalue weighted by atomic mass is 10.2. The van der Waals surface area contributed by atoms with Crippen molar-refractivity contribution >= 4 is 33.9 Å². The number of nitrogens with zero attached hydrogens (tertiary/aromatic N) is 2. The molecule has 0 unspecified atom stereocenters. The van der Waals surface area contributed by atoms with E-state index in [-0.39, 0.29) is 0 Å². The van der Waals surface area contributed by atoms with Crippen molar-refractivity contribution in [1.82, 2.24) is 9.97 Å². The van der Waals surface area contributed by atoms with Gasteiger partial charge >= 0.3 is 5.97 Å². The van der Waals surface area contributed by atoms with Crippen molar-refractivity contribution in [2.75, 3.05) is 5.32 Å². The Bertz CT molecular complexity index is 826. The second-order valence-corrected chi connectivity index (χ2v) is 4.82. The van der Waals surface area contributed by atoms with Gasteiger partial charge in [0.1, 0.15) is 23.0 Å². The van der Waals surface area contributed by atoms with Gasteiger partial charge in [-0.3, -0.25) is 4.79 Å². The first-order chi connectivity index (χ1) is 10.1. The summed E-state index contributed by atoms with van der Waals surface area (Å²) in [4.78, 5) is 19.9. The number of para-hydroxylation sites is 1. The second kappa shape index (κ2) is 5.05. The Balaban J connectivity index is 2.24. The standard InChI is InChI=1S/C15H15N3O3/c1-3-11-17-12-9-6-4-5-7-10(9)21-13(12)14(18-11)16-8(2)15(19)20/h4-8H,3H2,1-2H3,(H,19,20)(H,16,17,18)/t8-/m0/s1. The fourth-order valence-corrected chi connectivity index (χ4v) is 2.16. The van der Waals surface area contributed by atoms with Gasteiger partial charge in [0.05, 0.1) is 0 Å². The van der Waals surface area contributed by atoms with E-state index in [1.54, 1.807) is 6.92 Å². The first-order valence-corrected chi connectivity index (χ1v) is 6.77. The molecule has 2 N–H and O–H groups in total. The lowest BCUT2D eigenvalue weighted by molar-refractivity contribution is -0.137. The summed E-state index contributed by atoms with van der Waals surface area (Å²) in [5, 5.41) is 12.8. The van der Waals surface area contributed by atoms with Gasteiger partial charge in [0, 0.05) is 11.8 Å². The van der Waals surface area contributed by atoms with E-state index in [4.69, 9.17) is 9.52 Å². The number of aryl methyl sites for hydroxylation is 1. The van der Waals surface area contributed by atoms with Crippen LogP contribution in [0.2, 0.25) is 0 Å². The average Bonchev–Trinajstić information content (AvgIpc) is 2.86. The van der Waals surface area contributed by atoms with E-state index in [2.05, 4.69) is 15.3 Å². The van der Waals surface area contributed by atoms with Crippen LogP contribution < -0.4 is 5.32 Å². The number of anilines is 1. The predicted molar refractivity (Wildman–Crippen MR) is 79.4 cm³/mol. The Morgan fingerprint density at radius 2 is 2.14 bits per heavy atom. The van der Waals surface area contributed by atoms with Crippen LogP contribution in [0.4, 0.5) is 5.82 Å². The topological polar surface area (TPSA) is 88.2 Å². The lowest BCUT2D eigenvalue weighted by Gasteiger charge is -2.10. The van der Waals surface area contributed by atoms with Crippen LogP contribution >= 0.6 is 0 Å². The molecule has 0 bridgehead atoms. The van der Waals surface area contributed by atoms with Gasteiger partial charge in [-0.05, 0) is 19.1 Å². The molecule has 0 amide bonds. The molecule has 1 aromatic carbocycles. The zero-order valence-electron chi connectivity index (χ0n) is 11.8. The van der Waals surface area contributed by atoms with Crippen LogP contribution in [0.15, 0.2) is 28.7 Å². The van der Waals surface area contributed by atoms with Crippen molar-refractivity contribution in [3.8, 4) is 0 Å². The number of carbonyl (C=O) groups is 1. The molecule has 0 aliphatic carbocycles. The molecule has 2 aromatic heterocycles. The number of hydrogen-bond donors (Lipinski definition) is 2. The molecular formula is C15H15N3O3. The number of furan rings is 1. The van der Waals surface area contributed by atoms with Crippen LogP contribution in [0.5, 0.6) is 0 Å². The van der Waals surface area contributed by atoms with Crippen molar-refractivity contribution in [2.24, 2.45) is 0 Å². The molecule has 6 heteroatoms. The smallest absolute Gasteiger partial charge is 0.325 e. The summed E-state index contributed by atoms with van der Waals surface area (Å²) in [5.41, 5.74) is 1.90. The van der Waals surface area contributed by atoms with E-state index in [1.165, 1.54) is 0 Å². The highest BCUT2D eigenvalue weighted by Gasteiger charge is 2.18. The number of fused-ring (bicyclic) bond motifs is 3. The minimum absolute atomic E-state index is 0.419. The summed E-state index contributed by atoms with van der Waals surface area (Å²) >= 11 is 0. The summed E-state index contributed by atoms with van der Waals surface area (Å²) in [5.74, 6) is 0.119. The van der Waals surface area contributed by atoms with E-state index in [1.807, 2.05) is 31.2 Å². The van der Waals surface area contributed by atoms with Crippen LogP contribution in [0.1, 0.15) is 19.7 Å². The number of aromatic nitrogens is 2. The normalized spacial score (nSPS) is 12.7. The largest absolute Gasteiger partial charge is 0.480 e. The van der Waals surface area contributed by atoms with Gasteiger partial charge in [-0.1, -0.05) is 19.1 Å². The van der Waals surface area contributed by atoms with Gasteiger partial charge in [0.25, 0.3) is 0 Å². The first-order valence-electron chi connectivity index (χ1n) is 6.77. The monoisotopic (exact) mass is 285 g/mol. The molecule has 0 saturated heterocycles. The van der Waals surface area contributed by atoms with Gasteiger partial charge in [-0.2, -0.15) is 0 Å². The van der Waals surface area contributed by atoms with Gasteiger partial charge < -0.3 is 14.8 Å². The third-order valence-corrected chi connectivity index (χ3v) is 3.31. The molecule has 0 radical (unpaired) electrons. The molecule has 2 heterocycles. The molecule has 108 valence electrons. The van der Waals surface area contributed by atoms with Crippen molar-refractivity contribution in [3.63, 3.8) is 0 Å². The number of nitrogens with one attached hydrogen (secondary N) is 1. The van der Waals surface area contributed by atoms with Crippen LogP contribution in [-0.4, -0.2) is 27.1 Å². The maximum Gasteiger partial charge on any atom is 0.325 e. The van der Waals surface area contributed by atoms with Gasteiger partial charge in [-0.15, -0.1) is 0 Å². The molecule has 0 spiro atoms. The minimum Gasteiger partial charge on any atom is -0.480 e. The van der Waals surface area contributed by atoms with Crippen LogP contribution in [-0.2, 0) is 11.2 Å². The van der Waals surface area contributed by atoms with Gasteiger partial charge in [0.2, 0.25) is 0 Å². The van der Waals surface area contributed by atoms with Crippen LogP contribution in [0, 0.1) is 0 Å². The molecular weight excluding hydrogens is 270 g/mol. The summed E-state index contributed by atoms with van der Waals surface area (Å²) in [6.07, 6.45) is 0.658. The molecule has 1 atom stereocenters. The Hall–Kier alpha value is -2.63. The quantitative estimate of drug-likeness (QED) is 0.766. The number of carboxylic acids is 1. The Morgan fingerprint density at radius 1 is 1.38 bits per heavy atom. The fourth-order valence-electron chi connectivity index (χ4n) is 2.16. The SMILES string of the molecule is CCc1nc(N[C@@H](C)C(=O)O)c2oc3ccccc3c2n1. The van der Waals surface area contributed by atoms with Crippen molar-refractivity contribution < 1.29 is 14.3 Å². The maximum absolute atomic E-state index is 11.0. The molecule has 3 aromatic rings. The van der Waals surface area contributed by atoms with Crippen LogP contribution in [0.3, 0.4) is 0 Å². The van der Waals surface area contributed by atoms with E-state index >= 15 is 0 Å². The molecule has 21 heavy (non-hydrogen) atoms. The minimum atomic E-state index is -0.948. The number of aliphatic carboxylic acids is 1. The second-order valence-electron chi connectivity index (χ2n) is 4.82. The Morgan fingerprint density at radius 3 is 2.86 bits per heavy atom. The van der Waals surface area contributed by atoms with Crippen molar-refractivity contribution in [2.45, 2.75) is 26.3 Å². The van der Waals surface area contributed by atoms with E-state index in [0.29, 0.717) is 34.7 Å². The number of benzene rings is 1. The lowest BCUT2D eigenvalue weighted by Crippen LogP contribution is -2.26. The number of hydrogen-bond acceptors (Lipinski definition) is 5. The third-order valence-electron chi connectivity index (χ3n) is 3.31. The highest BCUT2D eigenvalue weighted by atomic mass is 16.4. The Labute approximate surface area is 120 Å². The van der Waals surface area contributed by atoms with E-state index in [0.717, 1.165) is 5.39 Å². The van der Waals surface area contributed by atoms with Gasteiger partial charge in [-0.25, -0.2) is 9.97 Å². The first kappa shape index (κ1) is 13.4. The highest BCUT2D eigenvalue weighted by molar-refractivity contribution is 6.05. The summed E-state index contributed by atoms with van der Waals surface area (Å²) in [7, 11) is 0. The van der Waals surface area contributed by atoms with E-state index in [9.17, 15) is 4.79 Å². The molecule has 3 rings (SSSR count). The molecule has 0 aliphatic rings. The molecule has 6 nitrogen and oxygen atoms in total. The summed E-state index contributed by atoms with van der Waals surface area (Å²) < 4.78 is 5.78. The molecule has 0 saturated carbocycles. The zero-order chi connectivity index (χ0) is 15.0. The fraction of sp³-hybridized carbons (Fsp3) is 0.267. The molecule has 0 aliphatic heterocycles. The average molecular weight is 285 g/mol. The Kier molecular flexibility index (Phi) is 3.21. The van der Waals surface area contributed by atoms with Crippen molar-refractivity contribution in [3.05, 3.63) is 30.1 Å². The highest BCUT2D eigenvalue weighted by Crippen LogP contribution is 2.31. The van der Waals surface area contributed by atoms with Gasteiger partial charge in [0.15, 0.2) is 11.4 Å². The number of carboxylic acid groups (broad SMARTS) is 1. The van der Waals surface area contributed by atoms with Crippen molar-refractivity contribution in [1.29, 1.82) is 0 Å². The zero-order valence-corrected chi connectivity index (χ0v) is 11.8. The molecule has 0 fully saturated rings. The van der Waals surface area contributed by atoms with Crippen LogP contribution in [0.25, 0.3) is 22.1 Å². The predicted octanol–water partition coefficient (Wildman–Crippen LogP) is 2.82. The summed E-state index contributed by atoms with van der Waals surface area (Å²) in [6, 6.07) is 6.82. The number of rotatable bonds is 4. The maximum atomic E-state index is 11.0. The summed E-state index contributed by atoms with van der Waals surface area (Å²) in [6.45, 7) is 3.51. The van der Waals surface area contributed by atoms with E-state index < -0.39 is 12.0 Å².